The molecule has 0 amide bonds. The molecule has 2 N–H and O–H groups in total. The van der Waals surface area contributed by atoms with Crippen LogP contribution in [-0.2, 0) is 9.59 Å². The van der Waals surface area contributed by atoms with Gasteiger partial charge in [-0.1, -0.05) is 25.5 Å². The summed E-state index contributed by atoms with van der Waals surface area (Å²) in [7, 11) is 0. The molecule has 172 valence electrons. The molecule has 0 spiro atoms. The van der Waals surface area contributed by atoms with Crippen LogP contribution in [0.4, 0.5) is 0 Å². The van der Waals surface area contributed by atoms with Crippen molar-refractivity contribution in [3.63, 3.8) is 0 Å². The summed E-state index contributed by atoms with van der Waals surface area (Å²) in [6.45, 7) is 6.80. The number of rotatable bonds is 3. The van der Waals surface area contributed by atoms with Crippen molar-refractivity contribution >= 4 is 11.6 Å². The summed E-state index contributed by atoms with van der Waals surface area (Å²) < 4.78 is 0. The second-order valence-corrected chi connectivity index (χ2v) is 12.0. The molecular weight excluding hydrogens is 386 g/mol. The smallest absolute Gasteiger partial charge is 0.142 e. The normalized spacial score (nSPS) is 47.2. The highest BCUT2D eigenvalue weighted by Crippen LogP contribution is 2.66. The molecule has 0 aromatic rings. The number of Topliss-reactive ketones (excluding diaryl/α,β-unsaturated/α-hetero) is 2. The number of ketones is 2. The number of aliphatic hydroxyl groups is 1. The summed E-state index contributed by atoms with van der Waals surface area (Å²) in [5, 5.41) is 13.8. The minimum Gasteiger partial charge on any atom is -0.396 e. The van der Waals surface area contributed by atoms with Gasteiger partial charge in [-0.25, -0.2) is 0 Å². The lowest BCUT2D eigenvalue weighted by Crippen LogP contribution is -2.60. The molecule has 1 aliphatic heterocycles. The number of hydrogen-bond acceptors (Lipinski definition) is 4. The third-order valence-corrected chi connectivity index (χ3v) is 10.7. The Hall–Kier alpha value is -1.00. The quantitative estimate of drug-likeness (QED) is 0.659. The van der Waals surface area contributed by atoms with Crippen LogP contribution < -0.4 is 5.32 Å². The predicted molar refractivity (Wildman–Crippen MR) is 121 cm³/mol. The highest BCUT2D eigenvalue weighted by atomic mass is 16.3. The van der Waals surface area contributed by atoms with E-state index in [9.17, 15) is 14.7 Å². The maximum atomic E-state index is 13.8. The van der Waals surface area contributed by atoms with Crippen LogP contribution in [0.2, 0.25) is 0 Å². The number of aliphatic hydroxyl groups excluding tert-OH is 1. The van der Waals surface area contributed by atoms with Crippen molar-refractivity contribution in [3.8, 4) is 0 Å². The van der Waals surface area contributed by atoms with Crippen LogP contribution in [0.25, 0.3) is 0 Å². The average Bonchev–Trinajstić information content (AvgIpc) is 3.08. The Labute approximate surface area is 187 Å². The summed E-state index contributed by atoms with van der Waals surface area (Å²) in [6, 6.07) is 0. The van der Waals surface area contributed by atoms with Crippen molar-refractivity contribution < 1.29 is 14.7 Å². The number of fused-ring (bicyclic) bond motifs is 5. The van der Waals surface area contributed by atoms with E-state index in [1.165, 1.54) is 24.8 Å². The Kier molecular flexibility index (Phi) is 5.70. The number of hydrogen-bond donors (Lipinski definition) is 2. The first-order valence-electron chi connectivity index (χ1n) is 12.9. The van der Waals surface area contributed by atoms with Crippen molar-refractivity contribution in [2.24, 2.45) is 46.3 Å². The third-order valence-electron chi connectivity index (χ3n) is 10.7. The van der Waals surface area contributed by atoms with Gasteiger partial charge in [0.2, 0.25) is 0 Å². The van der Waals surface area contributed by atoms with Crippen LogP contribution >= 0.6 is 0 Å². The summed E-state index contributed by atoms with van der Waals surface area (Å²) in [5.41, 5.74) is 1.35. The summed E-state index contributed by atoms with van der Waals surface area (Å²) in [4.78, 5) is 26.5. The fourth-order valence-corrected chi connectivity index (χ4v) is 8.64. The Morgan fingerprint density at radius 1 is 1.00 bits per heavy atom. The number of carbonyl (C=O) groups is 2. The minimum atomic E-state index is -0.297. The molecule has 4 saturated carbocycles. The van der Waals surface area contributed by atoms with Crippen LogP contribution in [0.1, 0.15) is 78.1 Å². The van der Waals surface area contributed by atoms with Crippen molar-refractivity contribution in [1.29, 1.82) is 0 Å². The summed E-state index contributed by atoms with van der Waals surface area (Å²) >= 11 is 0. The number of allylic oxidation sites excluding steroid dienone is 2. The maximum absolute atomic E-state index is 13.8. The molecule has 0 aromatic heterocycles. The Balaban J connectivity index is 1.39. The van der Waals surface area contributed by atoms with Crippen molar-refractivity contribution in [1.82, 2.24) is 5.32 Å². The van der Waals surface area contributed by atoms with E-state index in [4.69, 9.17) is 0 Å². The largest absolute Gasteiger partial charge is 0.396 e. The standard InChI is InChI=1S/C27H41NO3/c1-26-11-7-18(4-3-17-9-13-28-14-10-17)15-22(26)19(16-29)25(31)24-20-5-6-23(30)27(20,2)12-8-21(24)26/h4,17,19-22,24,28-29H,3,5-16H2,1-2H3/b18-4-/t19-,20+,21+,22?,24+,26-,27+/m1/s1. The molecule has 0 radical (unpaired) electrons. The molecule has 7 atom stereocenters. The third kappa shape index (κ3) is 3.39. The first kappa shape index (κ1) is 21.8. The Bertz CT molecular complexity index is 768. The molecule has 1 unspecified atom stereocenters. The molecule has 5 rings (SSSR count). The van der Waals surface area contributed by atoms with Gasteiger partial charge in [0.25, 0.3) is 0 Å². The van der Waals surface area contributed by atoms with Crippen LogP contribution in [-0.4, -0.2) is 36.4 Å². The molecule has 0 bridgehead atoms. The Morgan fingerprint density at radius 2 is 1.77 bits per heavy atom. The van der Waals surface area contributed by atoms with Crippen LogP contribution in [0.3, 0.4) is 0 Å². The van der Waals surface area contributed by atoms with Gasteiger partial charge in [-0.05, 0) is 100.0 Å². The highest BCUT2D eigenvalue weighted by molar-refractivity contribution is 5.91. The van der Waals surface area contributed by atoms with E-state index in [1.54, 1.807) is 0 Å². The first-order chi connectivity index (χ1) is 14.9. The van der Waals surface area contributed by atoms with Crippen molar-refractivity contribution in [2.75, 3.05) is 19.7 Å². The minimum absolute atomic E-state index is 0.0103. The summed E-state index contributed by atoms with van der Waals surface area (Å²) in [6.07, 6.45) is 13.0. The van der Waals surface area contributed by atoms with Gasteiger partial charge in [0.15, 0.2) is 0 Å². The molecular formula is C27H41NO3. The topological polar surface area (TPSA) is 66.4 Å². The second-order valence-electron chi connectivity index (χ2n) is 12.0. The second kappa shape index (κ2) is 8.09. The summed E-state index contributed by atoms with van der Waals surface area (Å²) in [5.74, 6) is 2.07. The van der Waals surface area contributed by atoms with Gasteiger partial charge in [-0.2, -0.15) is 0 Å². The lowest BCUT2D eigenvalue weighted by Gasteiger charge is -2.60. The fraction of sp³-hybridized carbons (Fsp3) is 0.852. The lowest BCUT2D eigenvalue weighted by molar-refractivity contribution is -0.167. The van der Waals surface area contributed by atoms with Gasteiger partial charge in [0, 0.05) is 23.7 Å². The van der Waals surface area contributed by atoms with E-state index in [0.717, 1.165) is 57.5 Å². The molecule has 5 fully saturated rings. The molecule has 5 aliphatic rings. The van der Waals surface area contributed by atoms with E-state index in [-0.39, 0.29) is 41.1 Å². The molecule has 1 heterocycles. The molecule has 31 heavy (non-hydrogen) atoms. The van der Waals surface area contributed by atoms with Gasteiger partial charge in [-0.15, -0.1) is 0 Å². The highest BCUT2D eigenvalue weighted by Gasteiger charge is 2.64. The van der Waals surface area contributed by atoms with Crippen molar-refractivity contribution in [2.45, 2.75) is 78.1 Å². The van der Waals surface area contributed by atoms with E-state index in [2.05, 4.69) is 25.2 Å². The monoisotopic (exact) mass is 427 g/mol. The lowest BCUT2D eigenvalue weighted by atomic mass is 9.42. The van der Waals surface area contributed by atoms with Gasteiger partial charge in [0.05, 0.1) is 6.61 Å². The van der Waals surface area contributed by atoms with Crippen molar-refractivity contribution in [3.05, 3.63) is 11.6 Å². The molecule has 1 saturated heterocycles. The zero-order valence-corrected chi connectivity index (χ0v) is 19.5. The molecule has 0 aromatic carbocycles. The number of carbonyl (C=O) groups excluding carboxylic acids is 2. The predicted octanol–water partition coefficient (Wildman–Crippen LogP) is 4.31. The van der Waals surface area contributed by atoms with Crippen LogP contribution in [0, 0.1) is 46.3 Å². The van der Waals surface area contributed by atoms with E-state index in [0.29, 0.717) is 23.9 Å². The van der Waals surface area contributed by atoms with E-state index < -0.39 is 0 Å². The molecule has 4 nitrogen and oxygen atoms in total. The van der Waals surface area contributed by atoms with E-state index >= 15 is 0 Å². The van der Waals surface area contributed by atoms with Crippen LogP contribution in [0.5, 0.6) is 0 Å². The van der Waals surface area contributed by atoms with Gasteiger partial charge in [0.1, 0.15) is 11.6 Å². The first-order valence-corrected chi connectivity index (χ1v) is 12.9. The van der Waals surface area contributed by atoms with Gasteiger partial charge >= 0.3 is 0 Å². The van der Waals surface area contributed by atoms with Crippen LogP contribution in [0.15, 0.2) is 11.6 Å². The molecule has 4 aliphatic carbocycles. The Morgan fingerprint density at radius 3 is 2.52 bits per heavy atom. The zero-order chi connectivity index (χ0) is 21.8. The zero-order valence-electron chi connectivity index (χ0n) is 19.5. The van der Waals surface area contributed by atoms with Gasteiger partial charge < -0.3 is 10.4 Å². The number of nitrogens with one attached hydrogen (secondary N) is 1. The molecule has 4 heteroatoms. The van der Waals surface area contributed by atoms with E-state index in [1.807, 2.05) is 0 Å². The fourth-order valence-electron chi connectivity index (χ4n) is 8.64. The SMILES string of the molecule is C[C@]12CC/C(=C/CC3CCNCC3)CC1[C@@H](CO)C(=O)[C@@H]1[C@@H]2CC[C@]2(C)C(=O)CC[C@@H]12. The number of piperidine rings is 1. The average molecular weight is 428 g/mol. The van der Waals surface area contributed by atoms with Gasteiger partial charge in [-0.3, -0.25) is 9.59 Å². The maximum Gasteiger partial charge on any atom is 0.142 e.